The monoisotopic (exact) mass is 543 g/mol. The molecule has 0 bridgehead atoms. The fourth-order valence-electron chi connectivity index (χ4n) is 3.87. The minimum Gasteiger partial charge on any atom is -0.497 e. The van der Waals surface area contributed by atoms with E-state index in [2.05, 4.69) is 20.8 Å². The van der Waals surface area contributed by atoms with Crippen LogP contribution in [0.15, 0.2) is 88.2 Å². The number of hydrogen-bond acceptors (Lipinski definition) is 5. The molecule has 9 heteroatoms. The number of benzene rings is 3. The first-order valence-electron chi connectivity index (χ1n) is 10.9. The highest BCUT2D eigenvalue weighted by Gasteiger charge is 2.30. The number of amides is 1. The molecule has 0 atom stereocenters. The van der Waals surface area contributed by atoms with Gasteiger partial charge in [0.15, 0.2) is 0 Å². The standard InChI is InChI=1S/C25H26BrN3O4S/c1-33-23-13-11-21(12-14-23)27-15-17-28(18-16-27)25(30)19-29(22-9-7-20(26)8-10-22)34(31,32)24-5-3-2-4-6-24/h2-14H,15-19H2,1H3. The molecule has 3 aromatic carbocycles. The van der Waals surface area contributed by atoms with E-state index >= 15 is 0 Å². The van der Waals surface area contributed by atoms with Crippen LogP contribution in [0, 0.1) is 0 Å². The number of rotatable bonds is 7. The van der Waals surface area contributed by atoms with Gasteiger partial charge in [-0.05, 0) is 60.7 Å². The SMILES string of the molecule is COc1ccc(N2CCN(C(=O)CN(c3ccc(Br)cc3)S(=O)(=O)c3ccccc3)CC2)cc1. The Balaban J connectivity index is 1.49. The van der Waals surface area contributed by atoms with Gasteiger partial charge in [-0.2, -0.15) is 0 Å². The molecule has 34 heavy (non-hydrogen) atoms. The van der Waals surface area contributed by atoms with Crippen molar-refractivity contribution in [1.82, 2.24) is 4.90 Å². The molecule has 1 amide bonds. The summed E-state index contributed by atoms with van der Waals surface area (Å²) in [5.41, 5.74) is 1.51. The summed E-state index contributed by atoms with van der Waals surface area (Å²) >= 11 is 3.38. The van der Waals surface area contributed by atoms with E-state index in [9.17, 15) is 13.2 Å². The average molecular weight is 544 g/mol. The van der Waals surface area contributed by atoms with Crippen LogP contribution in [0.4, 0.5) is 11.4 Å². The molecule has 3 aromatic rings. The van der Waals surface area contributed by atoms with E-state index in [-0.39, 0.29) is 17.3 Å². The number of methoxy groups -OCH3 is 1. The second kappa shape index (κ2) is 10.5. The zero-order valence-electron chi connectivity index (χ0n) is 18.8. The molecule has 1 saturated heterocycles. The lowest BCUT2D eigenvalue weighted by Gasteiger charge is -2.37. The lowest BCUT2D eigenvalue weighted by atomic mass is 10.2. The van der Waals surface area contributed by atoms with Crippen molar-refractivity contribution in [2.24, 2.45) is 0 Å². The van der Waals surface area contributed by atoms with E-state index in [1.807, 2.05) is 24.3 Å². The Hall–Kier alpha value is -3.04. The van der Waals surface area contributed by atoms with Crippen LogP contribution in [0.3, 0.4) is 0 Å². The molecule has 1 aliphatic heterocycles. The van der Waals surface area contributed by atoms with Gasteiger partial charge in [-0.1, -0.05) is 34.1 Å². The summed E-state index contributed by atoms with van der Waals surface area (Å²) in [4.78, 5) is 17.3. The topological polar surface area (TPSA) is 70.2 Å². The summed E-state index contributed by atoms with van der Waals surface area (Å²) in [6.45, 7) is 2.11. The molecule has 0 spiro atoms. The van der Waals surface area contributed by atoms with Crippen LogP contribution < -0.4 is 13.9 Å². The van der Waals surface area contributed by atoms with Gasteiger partial charge in [-0.15, -0.1) is 0 Å². The third kappa shape index (κ3) is 5.37. The molecule has 1 fully saturated rings. The van der Waals surface area contributed by atoms with E-state index in [1.165, 1.54) is 4.31 Å². The molecule has 178 valence electrons. The van der Waals surface area contributed by atoms with Gasteiger partial charge >= 0.3 is 0 Å². The number of nitrogens with zero attached hydrogens (tertiary/aromatic N) is 3. The first kappa shape index (κ1) is 24.1. The van der Waals surface area contributed by atoms with Crippen molar-refractivity contribution in [3.8, 4) is 5.75 Å². The lowest BCUT2D eigenvalue weighted by molar-refractivity contribution is -0.129. The number of carbonyl (C=O) groups is 1. The zero-order chi connectivity index (χ0) is 24.1. The lowest BCUT2D eigenvalue weighted by Crippen LogP contribution is -2.52. The summed E-state index contributed by atoms with van der Waals surface area (Å²) in [7, 11) is -2.28. The maximum absolute atomic E-state index is 13.5. The van der Waals surface area contributed by atoms with Gasteiger partial charge in [0, 0.05) is 36.3 Å². The number of sulfonamides is 1. The Kier molecular flexibility index (Phi) is 7.43. The molecule has 0 aliphatic carbocycles. The van der Waals surface area contributed by atoms with Crippen molar-refractivity contribution in [3.63, 3.8) is 0 Å². The summed E-state index contributed by atoms with van der Waals surface area (Å²) in [5.74, 6) is 0.571. The minimum absolute atomic E-state index is 0.148. The predicted molar refractivity (Wildman–Crippen MR) is 137 cm³/mol. The molecule has 7 nitrogen and oxygen atoms in total. The summed E-state index contributed by atoms with van der Waals surface area (Å²) < 4.78 is 34.1. The van der Waals surface area contributed by atoms with Gasteiger partial charge < -0.3 is 14.5 Å². The van der Waals surface area contributed by atoms with Crippen LogP contribution in [0.2, 0.25) is 0 Å². The number of piperazine rings is 1. The molecular formula is C25H26BrN3O4S. The number of hydrogen-bond donors (Lipinski definition) is 0. The second-order valence-corrected chi connectivity index (χ2v) is 10.6. The summed E-state index contributed by atoms with van der Waals surface area (Å²) in [5, 5.41) is 0. The number of halogens is 1. The van der Waals surface area contributed by atoms with Crippen LogP contribution in [0.5, 0.6) is 5.75 Å². The highest BCUT2D eigenvalue weighted by Crippen LogP contribution is 2.26. The Bertz CT molecular complexity index is 1210. The number of carbonyl (C=O) groups excluding carboxylic acids is 1. The van der Waals surface area contributed by atoms with E-state index in [4.69, 9.17) is 4.74 Å². The van der Waals surface area contributed by atoms with Crippen LogP contribution in [0.1, 0.15) is 0 Å². The van der Waals surface area contributed by atoms with Crippen LogP contribution in [0.25, 0.3) is 0 Å². The third-order valence-corrected chi connectivity index (χ3v) is 8.11. The first-order valence-corrected chi connectivity index (χ1v) is 13.1. The molecule has 0 aromatic heterocycles. The third-order valence-electron chi connectivity index (χ3n) is 5.79. The van der Waals surface area contributed by atoms with Crippen molar-refractivity contribution in [3.05, 3.63) is 83.3 Å². The molecular weight excluding hydrogens is 518 g/mol. The Morgan fingerprint density at radius 2 is 1.53 bits per heavy atom. The molecule has 1 heterocycles. The zero-order valence-corrected chi connectivity index (χ0v) is 21.2. The molecule has 4 rings (SSSR count). The van der Waals surface area contributed by atoms with Crippen molar-refractivity contribution in [2.45, 2.75) is 4.90 Å². The van der Waals surface area contributed by atoms with Gasteiger partial charge in [0.05, 0.1) is 17.7 Å². The fraction of sp³-hybridized carbons (Fsp3) is 0.240. The van der Waals surface area contributed by atoms with Crippen molar-refractivity contribution < 1.29 is 17.9 Å². The van der Waals surface area contributed by atoms with Crippen LogP contribution >= 0.6 is 15.9 Å². The van der Waals surface area contributed by atoms with Gasteiger partial charge in [-0.3, -0.25) is 9.10 Å². The fourth-order valence-corrected chi connectivity index (χ4v) is 5.57. The maximum atomic E-state index is 13.5. The molecule has 0 N–H and O–H groups in total. The van der Waals surface area contributed by atoms with Crippen molar-refractivity contribution >= 4 is 43.2 Å². The van der Waals surface area contributed by atoms with Crippen LogP contribution in [-0.4, -0.2) is 59.1 Å². The maximum Gasteiger partial charge on any atom is 0.264 e. The molecule has 0 saturated carbocycles. The summed E-state index contributed by atoms with van der Waals surface area (Å²) in [6.07, 6.45) is 0. The minimum atomic E-state index is -3.91. The predicted octanol–water partition coefficient (Wildman–Crippen LogP) is 4.00. The van der Waals surface area contributed by atoms with E-state index in [0.29, 0.717) is 31.9 Å². The van der Waals surface area contributed by atoms with Gasteiger partial charge in [0.2, 0.25) is 5.91 Å². The number of ether oxygens (including phenoxy) is 1. The van der Waals surface area contributed by atoms with Gasteiger partial charge in [-0.25, -0.2) is 8.42 Å². The second-order valence-electron chi connectivity index (χ2n) is 7.87. The van der Waals surface area contributed by atoms with Gasteiger partial charge in [0.1, 0.15) is 12.3 Å². The quantitative estimate of drug-likeness (QED) is 0.450. The molecule has 0 radical (unpaired) electrons. The highest BCUT2D eigenvalue weighted by molar-refractivity contribution is 9.10. The Morgan fingerprint density at radius 1 is 0.912 bits per heavy atom. The normalized spacial score (nSPS) is 14.1. The first-order chi connectivity index (χ1) is 16.4. The van der Waals surface area contributed by atoms with Crippen molar-refractivity contribution in [2.75, 3.05) is 49.0 Å². The number of anilines is 2. The van der Waals surface area contributed by atoms with Crippen molar-refractivity contribution in [1.29, 1.82) is 0 Å². The van der Waals surface area contributed by atoms with E-state index in [1.54, 1.807) is 66.6 Å². The molecule has 1 aliphatic rings. The van der Waals surface area contributed by atoms with Gasteiger partial charge in [0.25, 0.3) is 10.0 Å². The highest BCUT2D eigenvalue weighted by atomic mass is 79.9. The van der Waals surface area contributed by atoms with Crippen LogP contribution in [-0.2, 0) is 14.8 Å². The molecule has 0 unspecified atom stereocenters. The summed E-state index contributed by atoms with van der Waals surface area (Å²) in [6, 6.07) is 22.9. The van der Waals surface area contributed by atoms with E-state index < -0.39 is 10.0 Å². The van der Waals surface area contributed by atoms with E-state index in [0.717, 1.165) is 15.9 Å². The Morgan fingerprint density at radius 3 is 2.12 bits per heavy atom. The smallest absolute Gasteiger partial charge is 0.264 e. The average Bonchev–Trinajstić information content (AvgIpc) is 2.88. The Labute approximate surface area is 208 Å². The largest absolute Gasteiger partial charge is 0.497 e.